The monoisotopic (exact) mass is 219 g/mol. The Kier molecular flexibility index (Phi) is 4.39. The van der Waals surface area contributed by atoms with Crippen LogP contribution in [0.15, 0.2) is 29.5 Å². The van der Waals surface area contributed by atoms with Gasteiger partial charge in [-0.1, -0.05) is 12.1 Å². The standard InChI is InChI=1S/C12H13NO3/c1-3-16-12(14)7-6-10-5-4-9(2)8-11(10)13-15/h4-8H,3H2,1-2H3. The number of esters is 1. The maximum atomic E-state index is 11.1. The summed E-state index contributed by atoms with van der Waals surface area (Å²) in [5, 5.41) is 2.90. The third kappa shape index (κ3) is 3.31. The predicted octanol–water partition coefficient (Wildman–Crippen LogP) is 2.97. The van der Waals surface area contributed by atoms with E-state index in [1.54, 1.807) is 19.1 Å². The number of hydrogen-bond acceptors (Lipinski definition) is 4. The Morgan fingerprint density at radius 3 is 2.88 bits per heavy atom. The second kappa shape index (κ2) is 5.80. The molecule has 0 heterocycles. The Balaban J connectivity index is 2.88. The molecule has 0 aromatic heterocycles. The summed E-state index contributed by atoms with van der Waals surface area (Å²) in [5.74, 6) is -0.431. The predicted molar refractivity (Wildman–Crippen MR) is 62.3 cm³/mol. The highest BCUT2D eigenvalue weighted by Gasteiger charge is 2.01. The molecule has 1 aromatic rings. The fourth-order valence-electron chi connectivity index (χ4n) is 1.22. The van der Waals surface area contributed by atoms with Crippen LogP contribution in [-0.2, 0) is 9.53 Å². The zero-order valence-corrected chi connectivity index (χ0v) is 9.27. The molecule has 0 aliphatic rings. The number of carbonyl (C=O) groups is 1. The fourth-order valence-corrected chi connectivity index (χ4v) is 1.22. The largest absolute Gasteiger partial charge is 0.463 e. The number of rotatable bonds is 4. The van der Waals surface area contributed by atoms with Crippen molar-refractivity contribution in [1.29, 1.82) is 0 Å². The number of nitrogens with zero attached hydrogens (tertiary/aromatic N) is 1. The van der Waals surface area contributed by atoms with Gasteiger partial charge in [0.1, 0.15) is 5.69 Å². The van der Waals surface area contributed by atoms with E-state index in [0.717, 1.165) is 5.56 Å². The van der Waals surface area contributed by atoms with Crippen LogP contribution in [0, 0.1) is 11.8 Å². The van der Waals surface area contributed by atoms with E-state index in [-0.39, 0.29) is 0 Å². The van der Waals surface area contributed by atoms with E-state index in [0.29, 0.717) is 17.9 Å². The minimum absolute atomic E-state index is 0.320. The Labute approximate surface area is 93.9 Å². The summed E-state index contributed by atoms with van der Waals surface area (Å²) in [4.78, 5) is 21.6. The van der Waals surface area contributed by atoms with Gasteiger partial charge in [-0.15, -0.1) is 4.91 Å². The maximum Gasteiger partial charge on any atom is 0.330 e. The Bertz CT molecular complexity index is 424. The van der Waals surface area contributed by atoms with Gasteiger partial charge in [-0.25, -0.2) is 4.79 Å². The molecule has 1 aromatic carbocycles. The first kappa shape index (κ1) is 12.1. The molecule has 0 saturated carbocycles. The zero-order valence-electron chi connectivity index (χ0n) is 9.27. The quantitative estimate of drug-likeness (QED) is 0.444. The molecule has 0 spiro atoms. The number of hydrogen-bond donors (Lipinski definition) is 0. The number of benzene rings is 1. The third-order valence-corrected chi connectivity index (χ3v) is 1.97. The SMILES string of the molecule is CCOC(=O)C=Cc1ccc(C)cc1N=O. The summed E-state index contributed by atoms with van der Waals surface area (Å²) in [6, 6.07) is 5.25. The lowest BCUT2D eigenvalue weighted by molar-refractivity contribution is -0.137. The smallest absolute Gasteiger partial charge is 0.330 e. The fraction of sp³-hybridized carbons (Fsp3) is 0.250. The van der Waals surface area contributed by atoms with Crippen LogP contribution in [0.3, 0.4) is 0 Å². The van der Waals surface area contributed by atoms with Crippen molar-refractivity contribution in [2.45, 2.75) is 13.8 Å². The van der Waals surface area contributed by atoms with Gasteiger partial charge in [0, 0.05) is 11.6 Å². The summed E-state index contributed by atoms with van der Waals surface area (Å²) in [6.45, 7) is 3.93. The first-order valence-corrected chi connectivity index (χ1v) is 4.96. The van der Waals surface area contributed by atoms with Gasteiger partial charge >= 0.3 is 5.97 Å². The number of ether oxygens (including phenoxy) is 1. The van der Waals surface area contributed by atoms with Gasteiger partial charge in [0.05, 0.1) is 6.61 Å². The van der Waals surface area contributed by atoms with Crippen LogP contribution in [0.2, 0.25) is 0 Å². The first-order valence-electron chi connectivity index (χ1n) is 4.96. The normalized spacial score (nSPS) is 10.4. The summed E-state index contributed by atoms with van der Waals surface area (Å²) in [5.41, 5.74) is 1.87. The topological polar surface area (TPSA) is 55.7 Å². The molecule has 1 rings (SSSR count). The molecule has 0 aliphatic carbocycles. The Hall–Kier alpha value is -1.97. The molecular weight excluding hydrogens is 206 g/mol. The molecule has 84 valence electrons. The Morgan fingerprint density at radius 1 is 1.50 bits per heavy atom. The average molecular weight is 219 g/mol. The lowest BCUT2D eigenvalue weighted by atomic mass is 10.1. The van der Waals surface area contributed by atoms with E-state index in [2.05, 4.69) is 5.18 Å². The number of carbonyl (C=O) groups excluding carboxylic acids is 1. The molecular formula is C12H13NO3. The third-order valence-electron chi connectivity index (χ3n) is 1.97. The summed E-state index contributed by atoms with van der Waals surface area (Å²) in [7, 11) is 0. The van der Waals surface area contributed by atoms with Crippen molar-refractivity contribution in [3.05, 3.63) is 40.3 Å². The summed E-state index contributed by atoms with van der Waals surface area (Å²) < 4.78 is 4.73. The van der Waals surface area contributed by atoms with Crippen molar-refractivity contribution in [2.24, 2.45) is 5.18 Å². The number of aryl methyl sites for hydroxylation is 1. The van der Waals surface area contributed by atoms with Crippen molar-refractivity contribution in [2.75, 3.05) is 6.61 Å². The summed E-state index contributed by atoms with van der Waals surface area (Å²) in [6.07, 6.45) is 2.80. The van der Waals surface area contributed by atoms with E-state index in [4.69, 9.17) is 4.74 Å². The molecule has 4 heteroatoms. The van der Waals surface area contributed by atoms with Crippen LogP contribution >= 0.6 is 0 Å². The van der Waals surface area contributed by atoms with E-state index in [1.165, 1.54) is 12.2 Å². The maximum absolute atomic E-state index is 11.1. The minimum atomic E-state index is -0.431. The van der Waals surface area contributed by atoms with E-state index in [9.17, 15) is 9.70 Å². The minimum Gasteiger partial charge on any atom is -0.463 e. The van der Waals surface area contributed by atoms with Gasteiger partial charge in [0.2, 0.25) is 0 Å². The van der Waals surface area contributed by atoms with E-state index in [1.807, 2.05) is 13.0 Å². The van der Waals surface area contributed by atoms with Crippen molar-refractivity contribution in [3.8, 4) is 0 Å². The lowest BCUT2D eigenvalue weighted by Gasteiger charge is -1.99. The van der Waals surface area contributed by atoms with Crippen molar-refractivity contribution < 1.29 is 9.53 Å². The van der Waals surface area contributed by atoms with Crippen LogP contribution in [0.25, 0.3) is 6.08 Å². The second-order valence-corrected chi connectivity index (χ2v) is 3.24. The van der Waals surface area contributed by atoms with Gasteiger partial charge in [-0.2, -0.15) is 0 Å². The van der Waals surface area contributed by atoms with Crippen LogP contribution < -0.4 is 0 Å². The van der Waals surface area contributed by atoms with Gasteiger partial charge < -0.3 is 4.74 Å². The molecule has 0 N–H and O–H groups in total. The molecule has 0 atom stereocenters. The van der Waals surface area contributed by atoms with Gasteiger partial charge in [-0.05, 0) is 36.7 Å². The van der Waals surface area contributed by atoms with Crippen molar-refractivity contribution >= 4 is 17.7 Å². The summed E-state index contributed by atoms with van der Waals surface area (Å²) >= 11 is 0. The highest BCUT2D eigenvalue weighted by Crippen LogP contribution is 2.21. The molecule has 0 fully saturated rings. The zero-order chi connectivity index (χ0) is 12.0. The average Bonchev–Trinajstić information content (AvgIpc) is 2.27. The molecule has 16 heavy (non-hydrogen) atoms. The van der Waals surface area contributed by atoms with E-state index >= 15 is 0 Å². The van der Waals surface area contributed by atoms with Crippen LogP contribution in [0.4, 0.5) is 5.69 Å². The van der Waals surface area contributed by atoms with Gasteiger partial charge in [0.15, 0.2) is 0 Å². The number of nitroso groups, excluding NO2 is 1. The van der Waals surface area contributed by atoms with Crippen LogP contribution in [0.5, 0.6) is 0 Å². The molecule has 0 amide bonds. The van der Waals surface area contributed by atoms with Crippen molar-refractivity contribution in [3.63, 3.8) is 0 Å². The van der Waals surface area contributed by atoms with Crippen LogP contribution in [-0.4, -0.2) is 12.6 Å². The highest BCUT2D eigenvalue weighted by atomic mass is 16.5. The van der Waals surface area contributed by atoms with Gasteiger partial charge in [-0.3, -0.25) is 0 Å². The molecule has 0 aliphatic heterocycles. The first-order chi connectivity index (χ1) is 7.67. The van der Waals surface area contributed by atoms with Gasteiger partial charge in [0.25, 0.3) is 0 Å². The van der Waals surface area contributed by atoms with Crippen molar-refractivity contribution in [1.82, 2.24) is 0 Å². The molecule has 0 saturated heterocycles. The van der Waals surface area contributed by atoms with Crippen LogP contribution in [0.1, 0.15) is 18.1 Å². The molecule has 0 bridgehead atoms. The second-order valence-electron chi connectivity index (χ2n) is 3.24. The lowest BCUT2D eigenvalue weighted by Crippen LogP contribution is -1.98. The molecule has 4 nitrogen and oxygen atoms in total. The highest BCUT2D eigenvalue weighted by molar-refractivity contribution is 5.88. The Morgan fingerprint density at radius 2 is 2.25 bits per heavy atom. The van der Waals surface area contributed by atoms with E-state index < -0.39 is 5.97 Å². The molecule has 0 unspecified atom stereocenters. The molecule has 0 radical (unpaired) electrons.